The second-order valence-electron chi connectivity index (χ2n) is 5.32. The lowest BCUT2D eigenvalue weighted by atomic mass is 9.87. The van der Waals surface area contributed by atoms with Crippen LogP contribution in [-0.4, -0.2) is 29.4 Å². The highest BCUT2D eigenvalue weighted by Crippen LogP contribution is 2.32. The lowest BCUT2D eigenvalue weighted by Crippen LogP contribution is -2.36. The summed E-state index contributed by atoms with van der Waals surface area (Å²) in [7, 11) is 0.962. The van der Waals surface area contributed by atoms with Crippen LogP contribution in [0.25, 0.3) is 0 Å². The van der Waals surface area contributed by atoms with Crippen molar-refractivity contribution in [1.82, 2.24) is 5.32 Å². The molecule has 0 saturated carbocycles. The third kappa shape index (κ3) is 3.80. The molecule has 0 amide bonds. The molecule has 0 aromatic heterocycles. The lowest BCUT2D eigenvalue weighted by Gasteiger charge is -2.29. The normalized spacial score (nSPS) is 21.5. The standard InChI is InChI=1S/C15H23NO2S/c1-11(10-19(3)17)16-15-6-4-5-12-9-13(18-2)7-8-14(12)15/h7-9,11,15-16H,4-6,10H2,1-3H3. The van der Waals surface area contributed by atoms with Gasteiger partial charge in [-0.2, -0.15) is 0 Å². The SMILES string of the molecule is COc1ccc2c(c1)CCCC2NC(C)CS(C)=O. The molecule has 0 fully saturated rings. The molecule has 0 bridgehead atoms. The van der Waals surface area contributed by atoms with Crippen molar-refractivity contribution in [2.75, 3.05) is 19.1 Å². The first-order valence-corrected chi connectivity index (χ1v) is 8.55. The van der Waals surface area contributed by atoms with Gasteiger partial charge in [0.1, 0.15) is 5.75 Å². The maximum Gasteiger partial charge on any atom is 0.119 e. The average Bonchev–Trinajstić information content (AvgIpc) is 2.37. The Kier molecular flexibility index (Phi) is 4.99. The van der Waals surface area contributed by atoms with E-state index in [0.717, 1.165) is 18.6 Å². The summed E-state index contributed by atoms with van der Waals surface area (Å²) in [5, 5.41) is 3.61. The molecule has 1 aliphatic rings. The molecule has 106 valence electrons. The molecule has 1 aliphatic carbocycles. The van der Waals surface area contributed by atoms with Gasteiger partial charge in [-0.3, -0.25) is 4.21 Å². The van der Waals surface area contributed by atoms with Crippen LogP contribution >= 0.6 is 0 Å². The van der Waals surface area contributed by atoms with Crippen LogP contribution in [0.3, 0.4) is 0 Å². The first-order valence-electron chi connectivity index (χ1n) is 6.83. The molecule has 4 heteroatoms. The topological polar surface area (TPSA) is 38.3 Å². The highest BCUT2D eigenvalue weighted by atomic mass is 32.2. The number of hydrogen-bond donors (Lipinski definition) is 1. The fourth-order valence-corrected chi connectivity index (χ4v) is 3.63. The summed E-state index contributed by atoms with van der Waals surface area (Å²) in [5.41, 5.74) is 2.76. The van der Waals surface area contributed by atoms with Gasteiger partial charge in [-0.1, -0.05) is 6.07 Å². The Morgan fingerprint density at radius 2 is 2.32 bits per heavy atom. The quantitative estimate of drug-likeness (QED) is 0.901. The van der Waals surface area contributed by atoms with Crippen molar-refractivity contribution in [2.45, 2.75) is 38.3 Å². The smallest absolute Gasteiger partial charge is 0.119 e. The van der Waals surface area contributed by atoms with Crippen molar-refractivity contribution in [3.8, 4) is 5.75 Å². The lowest BCUT2D eigenvalue weighted by molar-refractivity contribution is 0.406. The third-order valence-electron chi connectivity index (χ3n) is 3.63. The Balaban J connectivity index is 2.11. The van der Waals surface area contributed by atoms with E-state index < -0.39 is 10.8 Å². The largest absolute Gasteiger partial charge is 0.497 e. The van der Waals surface area contributed by atoms with Crippen LogP contribution in [0.4, 0.5) is 0 Å². The zero-order valence-electron chi connectivity index (χ0n) is 11.9. The number of rotatable bonds is 5. The summed E-state index contributed by atoms with van der Waals surface area (Å²) >= 11 is 0. The van der Waals surface area contributed by atoms with Gasteiger partial charge in [0.25, 0.3) is 0 Å². The van der Waals surface area contributed by atoms with Crippen LogP contribution in [0.5, 0.6) is 5.75 Å². The zero-order chi connectivity index (χ0) is 13.8. The van der Waals surface area contributed by atoms with Gasteiger partial charge in [0, 0.05) is 34.9 Å². The molecule has 1 aromatic carbocycles. The molecule has 1 aromatic rings. The summed E-state index contributed by atoms with van der Waals surface area (Å²) < 4.78 is 16.6. The van der Waals surface area contributed by atoms with E-state index in [9.17, 15) is 4.21 Å². The predicted molar refractivity (Wildman–Crippen MR) is 80.2 cm³/mol. The van der Waals surface area contributed by atoms with Gasteiger partial charge in [0.15, 0.2) is 0 Å². The maximum absolute atomic E-state index is 11.3. The Morgan fingerprint density at radius 1 is 1.53 bits per heavy atom. The van der Waals surface area contributed by atoms with Crippen molar-refractivity contribution >= 4 is 10.8 Å². The molecule has 3 unspecified atom stereocenters. The van der Waals surface area contributed by atoms with Crippen molar-refractivity contribution in [3.05, 3.63) is 29.3 Å². The minimum atomic E-state index is -0.745. The van der Waals surface area contributed by atoms with Gasteiger partial charge < -0.3 is 10.1 Å². The fourth-order valence-electron chi connectivity index (χ4n) is 2.83. The molecule has 0 aliphatic heterocycles. The molecule has 0 saturated heterocycles. The molecular formula is C15H23NO2S. The Bertz CT molecular complexity index is 461. The molecule has 1 N–H and O–H groups in total. The summed E-state index contributed by atoms with van der Waals surface area (Å²) in [6.45, 7) is 2.11. The van der Waals surface area contributed by atoms with Crippen molar-refractivity contribution in [3.63, 3.8) is 0 Å². The highest BCUT2D eigenvalue weighted by Gasteiger charge is 2.22. The minimum absolute atomic E-state index is 0.281. The first-order chi connectivity index (χ1) is 9.10. The van der Waals surface area contributed by atoms with E-state index in [1.807, 2.05) is 6.07 Å². The number of ether oxygens (including phenoxy) is 1. The van der Waals surface area contributed by atoms with Gasteiger partial charge in [0.05, 0.1) is 7.11 Å². The predicted octanol–water partition coefficient (Wildman–Crippen LogP) is 2.43. The number of fused-ring (bicyclic) bond motifs is 1. The van der Waals surface area contributed by atoms with Crippen molar-refractivity contribution in [1.29, 1.82) is 0 Å². The highest BCUT2D eigenvalue weighted by molar-refractivity contribution is 7.84. The second-order valence-corrected chi connectivity index (χ2v) is 6.80. The Morgan fingerprint density at radius 3 is 3.00 bits per heavy atom. The maximum atomic E-state index is 11.3. The van der Waals surface area contributed by atoms with Gasteiger partial charge in [-0.25, -0.2) is 0 Å². The fraction of sp³-hybridized carbons (Fsp3) is 0.600. The van der Waals surface area contributed by atoms with E-state index in [2.05, 4.69) is 24.4 Å². The summed E-state index contributed by atoms with van der Waals surface area (Å²) in [4.78, 5) is 0. The van der Waals surface area contributed by atoms with Crippen LogP contribution < -0.4 is 10.1 Å². The molecule has 19 heavy (non-hydrogen) atoms. The van der Waals surface area contributed by atoms with Gasteiger partial charge in [0.2, 0.25) is 0 Å². The minimum Gasteiger partial charge on any atom is -0.497 e. The van der Waals surface area contributed by atoms with E-state index in [0.29, 0.717) is 11.8 Å². The first kappa shape index (κ1) is 14.5. The number of methoxy groups -OCH3 is 1. The van der Waals surface area contributed by atoms with Crippen molar-refractivity contribution in [2.24, 2.45) is 0 Å². The van der Waals surface area contributed by atoms with Crippen LogP contribution in [0.1, 0.15) is 36.9 Å². The van der Waals surface area contributed by atoms with E-state index in [1.54, 1.807) is 13.4 Å². The molecule has 3 atom stereocenters. The zero-order valence-corrected chi connectivity index (χ0v) is 12.8. The van der Waals surface area contributed by atoms with Crippen LogP contribution in [0.2, 0.25) is 0 Å². The Hall–Kier alpha value is -0.870. The third-order valence-corrected chi connectivity index (χ3v) is 4.60. The van der Waals surface area contributed by atoms with Crippen LogP contribution in [-0.2, 0) is 17.2 Å². The van der Waals surface area contributed by atoms with Gasteiger partial charge >= 0.3 is 0 Å². The summed E-state index contributed by atoms with van der Waals surface area (Å²) in [6.07, 6.45) is 5.23. The van der Waals surface area contributed by atoms with E-state index in [1.165, 1.54) is 17.5 Å². The van der Waals surface area contributed by atoms with Gasteiger partial charge in [-0.15, -0.1) is 0 Å². The Labute approximate surface area is 118 Å². The van der Waals surface area contributed by atoms with E-state index in [-0.39, 0.29) is 6.04 Å². The average molecular weight is 281 g/mol. The number of nitrogens with one attached hydrogen (secondary N) is 1. The molecule has 0 spiro atoms. The molecule has 0 radical (unpaired) electrons. The van der Waals surface area contributed by atoms with Crippen molar-refractivity contribution < 1.29 is 8.95 Å². The molecular weight excluding hydrogens is 258 g/mol. The number of benzene rings is 1. The monoisotopic (exact) mass is 281 g/mol. The molecule has 3 nitrogen and oxygen atoms in total. The van der Waals surface area contributed by atoms with Crippen LogP contribution in [0.15, 0.2) is 18.2 Å². The summed E-state index contributed by atoms with van der Waals surface area (Å²) in [6, 6.07) is 7.01. The summed E-state index contributed by atoms with van der Waals surface area (Å²) in [5.74, 6) is 1.64. The number of hydrogen-bond acceptors (Lipinski definition) is 3. The number of aryl methyl sites for hydroxylation is 1. The van der Waals surface area contributed by atoms with E-state index >= 15 is 0 Å². The molecule has 2 rings (SSSR count). The molecule has 0 heterocycles. The van der Waals surface area contributed by atoms with E-state index in [4.69, 9.17) is 4.74 Å². The van der Waals surface area contributed by atoms with Gasteiger partial charge in [-0.05, 0) is 49.4 Å². The van der Waals surface area contributed by atoms with Crippen LogP contribution in [0, 0.1) is 0 Å². The second kappa shape index (κ2) is 6.53.